The number of hydrogen-bond acceptors (Lipinski definition) is 5. The second-order valence-electron chi connectivity index (χ2n) is 8.67. The van der Waals surface area contributed by atoms with Gasteiger partial charge < -0.3 is 14.4 Å². The molecule has 1 saturated carbocycles. The first kappa shape index (κ1) is 23.4. The number of benzene rings is 2. The molecule has 0 bridgehead atoms. The van der Waals surface area contributed by atoms with Gasteiger partial charge in [-0.1, -0.05) is 24.3 Å². The summed E-state index contributed by atoms with van der Waals surface area (Å²) in [5.41, 5.74) is 4.39. The van der Waals surface area contributed by atoms with Crippen LogP contribution >= 0.6 is 0 Å². The summed E-state index contributed by atoms with van der Waals surface area (Å²) in [6.45, 7) is 0.549. The third-order valence-corrected chi connectivity index (χ3v) is 6.17. The van der Waals surface area contributed by atoms with E-state index in [1.807, 2.05) is 88.7 Å². The van der Waals surface area contributed by atoms with E-state index in [2.05, 4.69) is 4.98 Å². The van der Waals surface area contributed by atoms with Gasteiger partial charge >= 0.3 is 0 Å². The molecule has 1 fully saturated rings. The number of rotatable bonds is 9. The number of ether oxygens (including phenoxy) is 2. The number of pyridine rings is 1. The average molecular weight is 481 g/mol. The molecular formula is C29H28N4O3. The van der Waals surface area contributed by atoms with Crippen molar-refractivity contribution in [2.24, 2.45) is 0 Å². The third kappa shape index (κ3) is 5.15. The Bertz CT molecular complexity index is 1360. The Kier molecular flexibility index (Phi) is 6.80. The summed E-state index contributed by atoms with van der Waals surface area (Å²) in [6, 6.07) is 19.8. The molecule has 0 radical (unpaired) electrons. The summed E-state index contributed by atoms with van der Waals surface area (Å²) in [7, 11) is 3.22. The van der Waals surface area contributed by atoms with E-state index >= 15 is 0 Å². The van der Waals surface area contributed by atoms with Crippen molar-refractivity contribution >= 4 is 12.0 Å². The van der Waals surface area contributed by atoms with Gasteiger partial charge in [-0.3, -0.25) is 9.78 Å². The van der Waals surface area contributed by atoms with Crippen LogP contribution in [-0.4, -0.2) is 45.8 Å². The molecule has 7 nitrogen and oxygen atoms in total. The van der Waals surface area contributed by atoms with E-state index in [1.165, 1.54) is 0 Å². The highest BCUT2D eigenvalue weighted by atomic mass is 16.5. The molecule has 0 unspecified atom stereocenters. The zero-order valence-corrected chi connectivity index (χ0v) is 20.4. The molecule has 36 heavy (non-hydrogen) atoms. The highest BCUT2D eigenvalue weighted by Gasteiger charge is 2.31. The van der Waals surface area contributed by atoms with Crippen LogP contribution in [-0.2, 0) is 11.3 Å². The molecule has 1 aliphatic rings. The number of hydrogen-bond donors (Lipinski definition) is 0. The van der Waals surface area contributed by atoms with Crippen molar-refractivity contribution in [3.8, 4) is 28.4 Å². The van der Waals surface area contributed by atoms with Gasteiger partial charge in [-0.2, -0.15) is 5.10 Å². The van der Waals surface area contributed by atoms with Gasteiger partial charge in [-0.25, -0.2) is 4.68 Å². The van der Waals surface area contributed by atoms with Crippen molar-refractivity contribution < 1.29 is 14.3 Å². The minimum Gasteiger partial charge on any atom is -0.493 e. The molecule has 0 N–H and O–H groups in total. The maximum absolute atomic E-state index is 13.3. The summed E-state index contributed by atoms with van der Waals surface area (Å²) < 4.78 is 12.7. The summed E-state index contributed by atoms with van der Waals surface area (Å²) in [5.74, 6) is 1.24. The summed E-state index contributed by atoms with van der Waals surface area (Å²) in [5, 5.41) is 4.86. The Balaban J connectivity index is 1.48. The lowest BCUT2D eigenvalue weighted by atomic mass is 10.1. The van der Waals surface area contributed by atoms with Crippen LogP contribution in [0.4, 0.5) is 0 Å². The number of amides is 1. The third-order valence-electron chi connectivity index (χ3n) is 6.17. The first-order valence-corrected chi connectivity index (χ1v) is 11.9. The molecule has 2 aromatic carbocycles. The lowest BCUT2D eigenvalue weighted by molar-refractivity contribution is -0.127. The van der Waals surface area contributed by atoms with Crippen LogP contribution in [0.25, 0.3) is 23.0 Å². The average Bonchev–Trinajstić information content (AvgIpc) is 3.69. The van der Waals surface area contributed by atoms with E-state index < -0.39 is 0 Å². The zero-order valence-electron chi connectivity index (χ0n) is 20.4. The van der Waals surface area contributed by atoms with Crippen molar-refractivity contribution in [3.63, 3.8) is 0 Å². The summed E-state index contributed by atoms with van der Waals surface area (Å²) in [4.78, 5) is 19.4. The van der Waals surface area contributed by atoms with Crippen molar-refractivity contribution in [1.29, 1.82) is 0 Å². The van der Waals surface area contributed by atoms with Crippen LogP contribution in [0.1, 0.15) is 24.0 Å². The quantitative estimate of drug-likeness (QED) is 0.310. The molecule has 0 aliphatic heterocycles. The van der Waals surface area contributed by atoms with Crippen molar-refractivity contribution in [2.75, 3.05) is 14.2 Å². The standard InChI is InChI=1S/C29H28N4O3/c1-35-26-14-10-22(17-27(26)36-2)29-23(20-33(31-29)25-8-4-3-5-9-25)11-15-28(34)32(24-12-13-24)19-21-7-6-16-30-18-21/h3-11,14-18,20,24H,12-13,19H2,1-2H3. The van der Waals surface area contributed by atoms with E-state index in [-0.39, 0.29) is 11.9 Å². The highest BCUT2D eigenvalue weighted by molar-refractivity contribution is 5.93. The van der Waals surface area contributed by atoms with Gasteiger partial charge in [0.25, 0.3) is 0 Å². The van der Waals surface area contributed by atoms with Gasteiger partial charge in [0.2, 0.25) is 5.91 Å². The number of para-hydroxylation sites is 1. The molecule has 1 aliphatic carbocycles. The number of aromatic nitrogens is 3. The van der Waals surface area contributed by atoms with Crippen molar-refractivity contribution in [3.05, 3.63) is 96.5 Å². The minimum absolute atomic E-state index is 0.0212. The predicted octanol–water partition coefficient (Wildman–Crippen LogP) is 5.16. The van der Waals surface area contributed by atoms with E-state index in [9.17, 15) is 4.79 Å². The van der Waals surface area contributed by atoms with Gasteiger partial charge in [0, 0.05) is 48.4 Å². The van der Waals surface area contributed by atoms with E-state index in [0.29, 0.717) is 18.0 Å². The monoisotopic (exact) mass is 480 g/mol. The number of methoxy groups -OCH3 is 2. The number of carbonyl (C=O) groups excluding carboxylic acids is 1. The second kappa shape index (κ2) is 10.5. The van der Waals surface area contributed by atoms with E-state index in [1.54, 1.807) is 26.5 Å². The fourth-order valence-corrected chi connectivity index (χ4v) is 4.15. The van der Waals surface area contributed by atoms with Gasteiger partial charge in [0.1, 0.15) is 5.69 Å². The Morgan fingerprint density at radius 3 is 2.56 bits per heavy atom. The summed E-state index contributed by atoms with van der Waals surface area (Å²) >= 11 is 0. The number of nitrogens with zero attached hydrogens (tertiary/aromatic N) is 4. The first-order chi connectivity index (χ1) is 17.7. The predicted molar refractivity (Wildman–Crippen MR) is 139 cm³/mol. The second-order valence-corrected chi connectivity index (χ2v) is 8.67. The molecule has 2 heterocycles. The SMILES string of the molecule is COc1ccc(-c2nn(-c3ccccc3)cc2C=CC(=O)N(Cc2cccnc2)C2CC2)cc1OC. The smallest absolute Gasteiger partial charge is 0.247 e. The van der Waals surface area contributed by atoms with Crippen molar-refractivity contribution in [2.45, 2.75) is 25.4 Å². The number of carbonyl (C=O) groups is 1. The Morgan fingerprint density at radius 1 is 1.06 bits per heavy atom. The fraction of sp³-hybridized carbons (Fsp3) is 0.207. The van der Waals surface area contributed by atoms with Crippen LogP contribution in [0, 0.1) is 0 Å². The summed E-state index contributed by atoms with van der Waals surface area (Å²) in [6.07, 6.45) is 11.0. The van der Waals surface area contributed by atoms with Crippen LogP contribution in [0.15, 0.2) is 85.3 Å². The topological polar surface area (TPSA) is 69.5 Å². The van der Waals surface area contributed by atoms with E-state index in [4.69, 9.17) is 14.6 Å². The highest BCUT2D eigenvalue weighted by Crippen LogP contribution is 2.34. The largest absolute Gasteiger partial charge is 0.493 e. The fourth-order valence-electron chi connectivity index (χ4n) is 4.15. The lowest BCUT2D eigenvalue weighted by Gasteiger charge is -2.20. The molecule has 7 heteroatoms. The van der Waals surface area contributed by atoms with Crippen LogP contribution < -0.4 is 9.47 Å². The molecular weight excluding hydrogens is 452 g/mol. The van der Waals surface area contributed by atoms with Crippen LogP contribution in [0.3, 0.4) is 0 Å². The minimum atomic E-state index is -0.0212. The van der Waals surface area contributed by atoms with Gasteiger partial charge in [-0.15, -0.1) is 0 Å². The molecule has 1 amide bonds. The molecule has 4 aromatic rings. The zero-order chi connectivity index (χ0) is 24.9. The van der Waals surface area contributed by atoms with Crippen LogP contribution in [0.5, 0.6) is 11.5 Å². The maximum Gasteiger partial charge on any atom is 0.247 e. The molecule has 2 aromatic heterocycles. The van der Waals surface area contributed by atoms with Gasteiger partial charge in [0.05, 0.1) is 19.9 Å². The molecule has 0 spiro atoms. The molecule has 0 atom stereocenters. The Labute approximate surface area is 210 Å². The Morgan fingerprint density at radius 2 is 1.86 bits per heavy atom. The van der Waals surface area contributed by atoms with Crippen LogP contribution in [0.2, 0.25) is 0 Å². The molecule has 182 valence electrons. The lowest BCUT2D eigenvalue weighted by Crippen LogP contribution is -2.31. The van der Waals surface area contributed by atoms with Gasteiger partial charge in [0.15, 0.2) is 11.5 Å². The normalized spacial score (nSPS) is 13.1. The first-order valence-electron chi connectivity index (χ1n) is 11.9. The maximum atomic E-state index is 13.3. The van der Waals surface area contributed by atoms with E-state index in [0.717, 1.165) is 40.9 Å². The molecule has 0 saturated heterocycles. The molecule has 5 rings (SSSR count). The van der Waals surface area contributed by atoms with Crippen molar-refractivity contribution in [1.82, 2.24) is 19.7 Å². The Hall–Kier alpha value is -4.39. The van der Waals surface area contributed by atoms with Gasteiger partial charge in [-0.05, 0) is 60.9 Å².